The average molecular weight is 394 g/mol. The molecule has 7 heteroatoms. The Kier molecular flexibility index (Phi) is 2.64. The highest BCUT2D eigenvalue weighted by atomic mass is 127. The number of fused-ring (bicyclic) bond motifs is 3. The average Bonchev–Trinajstić information content (AvgIpc) is 3.10. The van der Waals surface area contributed by atoms with E-state index in [2.05, 4.69) is 44.2 Å². The van der Waals surface area contributed by atoms with Crippen molar-refractivity contribution in [3.8, 4) is 11.1 Å². The summed E-state index contributed by atoms with van der Waals surface area (Å²) in [6.07, 6.45) is 1.71. The van der Waals surface area contributed by atoms with E-state index in [1.54, 1.807) is 28.1 Å². The van der Waals surface area contributed by atoms with Gasteiger partial charge in [0.2, 0.25) is 5.65 Å². The second-order valence-electron chi connectivity index (χ2n) is 4.32. The smallest absolute Gasteiger partial charge is 0.270 e. The fraction of sp³-hybridized carbons (Fsp3) is 0. The summed E-state index contributed by atoms with van der Waals surface area (Å²) >= 11 is 3.77. The molecule has 0 amide bonds. The van der Waals surface area contributed by atoms with Crippen LogP contribution in [-0.2, 0) is 0 Å². The predicted octanol–water partition coefficient (Wildman–Crippen LogP) is 2.85. The Morgan fingerprint density at radius 2 is 2.15 bits per heavy atom. The molecule has 0 fully saturated rings. The van der Waals surface area contributed by atoms with E-state index in [1.165, 1.54) is 0 Å². The summed E-state index contributed by atoms with van der Waals surface area (Å²) in [5, 5.41) is 24.4. The summed E-state index contributed by atoms with van der Waals surface area (Å²) in [7, 11) is 0. The van der Waals surface area contributed by atoms with Gasteiger partial charge in [-0.2, -0.15) is 16.4 Å². The Labute approximate surface area is 131 Å². The van der Waals surface area contributed by atoms with Crippen LogP contribution < -0.4 is 4.85 Å². The standard InChI is InChI=1S/C13H7IN4OS/c14-10-6-15-17-12-5-8(9-3-4-20-7-9)1-2-11(12)18(19)16-13(10)17/h1-7H. The summed E-state index contributed by atoms with van der Waals surface area (Å²) in [5.74, 6) is 0. The number of benzene rings is 1. The van der Waals surface area contributed by atoms with Crippen LogP contribution in [-0.4, -0.2) is 14.7 Å². The summed E-state index contributed by atoms with van der Waals surface area (Å²) in [4.78, 5) is 0.659. The first kappa shape index (κ1) is 12.0. The van der Waals surface area contributed by atoms with Crippen LogP contribution in [0, 0.1) is 8.78 Å². The Morgan fingerprint density at radius 1 is 1.25 bits per heavy atom. The minimum absolute atomic E-state index is 0.510. The topological polar surface area (TPSA) is 57.1 Å². The minimum atomic E-state index is 0.510. The number of hydrogen-bond acceptors (Lipinski definition) is 4. The van der Waals surface area contributed by atoms with Gasteiger partial charge in [-0.3, -0.25) is 0 Å². The lowest BCUT2D eigenvalue weighted by molar-refractivity contribution is -0.640. The Morgan fingerprint density at radius 3 is 2.95 bits per heavy atom. The Bertz CT molecular complexity index is 933. The third-order valence-corrected chi connectivity index (χ3v) is 4.59. The molecule has 0 aliphatic rings. The van der Waals surface area contributed by atoms with E-state index in [0.717, 1.165) is 20.2 Å². The molecule has 0 aliphatic heterocycles. The van der Waals surface area contributed by atoms with Gasteiger partial charge in [-0.05, 0) is 67.5 Å². The molecule has 0 aliphatic carbocycles. The molecular weight excluding hydrogens is 387 g/mol. The number of hydrogen-bond donors (Lipinski definition) is 0. The summed E-state index contributed by atoms with van der Waals surface area (Å²) in [6.45, 7) is 0. The lowest BCUT2D eigenvalue weighted by atomic mass is 10.1. The molecule has 98 valence electrons. The van der Waals surface area contributed by atoms with Crippen molar-refractivity contribution in [1.29, 1.82) is 0 Å². The van der Waals surface area contributed by atoms with Gasteiger partial charge in [0.25, 0.3) is 5.52 Å². The van der Waals surface area contributed by atoms with Crippen molar-refractivity contribution in [2.75, 3.05) is 0 Å². The van der Waals surface area contributed by atoms with Crippen molar-refractivity contribution >= 4 is 50.6 Å². The molecular formula is C13H7IN4OS. The lowest BCUT2D eigenvalue weighted by Gasteiger charge is -2.04. The third kappa shape index (κ3) is 1.70. The molecule has 4 rings (SSSR count). The van der Waals surface area contributed by atoms with Gasteiger partial charge in [0.05, 0.1) is 9.77 Å². The maximum atomic E-state index is 12.0. The fourth-order valence-electron chi connectivity index (χ4n) is 2.19. The Balaban J connectivity index is 2.12. The lowest BCUT2D eigenvalue weighted by Crippen LogP contribution is -2.33. The van der Waals surface area contributed by atoms with Gasteiger partial charge in [-0.25, -0.2) is 4.52 Å². The van der Waals surface area contributed by atoms with Gasteiger partial charge >= 0.3 is 0 Å². The number of nitrogens with zero attached hydrogens (tertiary/aromatic N) is 4. The quantitative estimate of drug-likeness (QED) is 0.284. The predicted molar refractivity (Wildman–Crippen MR) is 85.5 cm³/mol. The molecule has 5 nitrogen and oxygen atoms in total. The highest BCUT2D eigenvalue weighted by Gasteiger charge is 2.15. The number of rotatable bonds is 1. The molecule has 0 unspecified atom stereocenters. The highest BCUT2D eigenvalue weighted by molar-refractivity contribution is 14.1. The van der Waals surface area contributed by atoms with E-state index < -0.39 is 0 Å². The fourth-order valence-corrected chi connectivity index (χ4v) is 3.32. The van der Waals surface area contributed by atoms with Crippen molar-refractivity contribution in [3.05, 3.63) is 50.0 Å². The van der Waals surface area contributed by atoms with Crippen LogP contribution in [0.4, 0.5) is 0 Å². The van der Waals surface area contributed by atoms with Crippen LogP contribution in [0.2, 0.25) is 0 Å². The second-order valence-corrected chi connectivity index (χ2v) is 6.26. The van der Waals surface area contributed by atoms with Crippen LogP contribution in [0.3, 0.4) is 0 Å². The van der Waals surface area contributed by atoms with E-state index in [-0.39, 0.29) is 0 Å². The van der Waals surface area contributed by atoms with Crippen LogP contribution in [0.5, 0.6) is 0 Å². The van der Waals surface area contributed by atoms with Gasteiger partial charge in [0.1, 0.15) is 5.52 Å². The van der Waals surface area contributed by atoms with E-state index in [4.69, 9.17) is 0 Å². The summed E-state index contributed by atoms with van der Waals surface area (Å²) < 4.78 is 2.57. The van der Waals surface area contributed by atoms with Crippen LogP contribution in [0.15, 0.2) is 41.2 Å². The van der Waals surface area contributed by atoms with Crippen molar-refractivity contribution in [1.82, 2.24) is 14.7 Å². The van der Waals surface area contributed by atoms with E-state index >= 15 is 0 Å². The molecule has 0 N–H and O–H groups in total. The molecule has 4 aromatic rings. The largest absolute Gasteiger partial charge is 0.594 e. The normalized spacial score (nSPS) is 11.4. The Hall–Kier alpha value is -1.74. The van der Waals surface area contributed by atoms with Gasteiger partial charge < -0.3 is 5.21 Å². The molecule has 0 spiro atoms. The maximum absolute atomic E-state index is 12.0. The van der Waals surface area contributed by atoms with E-state index in [0.29, 0.717) is 16.0 Å². The molecule has 0 saturated heterocycles. The third-order valence-electron chi connectivity index (χ3n) is 3.15. The molecule has 20 heavy (non-hydrogen) atoms. The highest BCUT2D eigenvalue weighted by Crippen LogP contribution is 2.25. The number of thiophene rings is 1. The zero-order valence-corrected chi connectivity index (χ0v) is 13.0. The maximum Gasteiger partial charge on any atom is 0.270 e. The SMILES string of the molecule is [O-][n+]1nc2c(I)cnn2c2cc(-c3ccsc3)ccc21. The van der Waals surface area contributed by atoms with Crippen molar-refractivity contribution in [3.63, 3.8) is 0 Å². The molecule has 0 radical (unpaired) electrons. The minimum Gasteiger partial charge on any atom is -0.594 e. The van der Waals surface area contributed by atoms with E-state index in [1.807, 2.05) is 17.5 Å². The zero-order chi connectivity index (χ0) is 13.7. The summed E-state index contributed by atoms with van der Waals surface area (Å²) in [5.41, 5.74) is 4.06. The van der Waals surface area contributed by atoms with Gasteiger partial charge in [-0.15, -0.1) is 0 Å². The summed E-state index contributed by atoms with van der Waals surface area (Å²) in [6, 6.07) is 7.75. The molecule has 3 aromatic heterocycles. The van der Waals surface area contributed by atoms with Crippen molar-refractivity contribution < 1.29 is 4.85 Å². The van der Waals surface area contributed by atoms with Crippen molar-refractivity contribution in [2.24, 2.45) is 0 Å². The number of halogens is 1. The first-order valence-corrected chi connectivity index (χ1v) is 7.85. The molecule has 0 bridgehead atoms. The second kappa shape index (κ2) is 4.38. The first-order chi connectivity index (χ1) is 9.74. The monoisotopic (exact) mass is 394 g/mol. The molecule has 0 atom stereocenters. The van der Waals surface area contributed by atoms with Crippen LogP contribution in [0.25, 0.3) is 27.8 Å². The number of aromatic nitrogens is 4. The molecule has 1 aromatic carbocycles. The molecule has 3 heterocycles. The first-order valence-electron chi connectivity index (χ1n) is 5.83. The van der Waals surface area contributed by atoms with Crippen LogP contribution in [0.1, 0.15) is 0 Å². The zero-order valence-electron chi connectivity index (χ0n) is 10.0. The van der Waals surface area contributed by atoms with Gasteiger partial charge in [0.15, 0.2) is 0 Å². The van der Waals surface area contributed by atoms with Gasteiger partial charge in [-0.1, -0.05) is 0 Å². The molecule has 0 saturated carbocycles. The van der Waals surface area contributed by atoms with Gasteiger partial charge in [0, 0.05) is 11.2 Å². The van der Waals surface area contributed by atoms with Crippen molar-refractivity contribution in [2.45, 2.75) is 0 Å². The van der Waals surface area contributed by atoms with E-state index in [9.17, 15) is 5.21 Å². The van der Waals surface area contributed by atoms with Crippen LogP contribution >= 0.6 is 33.9 Å².